The fraction of sp³-hybridized carbons (Fsp3) is 0.250. The van der Waals surface area contributed by atoms with Gasteiger partial charge in [-0.3, -0.25) is 19.3 Å². The lowest BCUT2D eigenvalue weighted by Crippen LogP contribution is -2.34. The molecule has 1 unspecified atom stereocenters. The average Bonchev–Trinajstić information content (AvgIpc) is 2.89. The third-order valence-corrected chi connectivity index (χ3v) is 4.86. The van der Waals surface area contributed by atoms with Crippen LogP contribution >= 0.6 is 0 Å². The predicted octanol–water partition coefficient (Wildman–Crippen LogP) is 1.89. The molecule has 2 aromatic carbocycles. The average molecular weight is 350 g/mol. The molecule has 132 valence electrons. The van der Waals surface area contributed by atoms with E-state index in [1.54, 1.807) is 6.07 Å². The largest absolute Gasteiger partial charge is 0.493 e. The van der Waals surface area contributed by atoms with Crippen molar-refractivity contribution in [1.82, 2.24) is 10.2 Å². The summed E-state index contributed by atoms with van der Waals surface area (Å²) in [5.74, 6) is 0.118. The highest BCUT2D eigenvalue weighted by Gasteiger charge is 2.33. The van der Waals surface area contributed by atoms with Crippen molar-refractivity contribution in [3.63, 3.8) is 0 Å². The van der Waals surface area contributed by atoms with Gasteiger partial charge >= 0.3 is 0 Å². The van der Waals surface area contributed by atoms with Crippen LogP contribution in [0.2, 0.25) is 0 Å². The first-order valence-electron chi connectivity index (χ1n) is 8.50. The molecule has 2 aromatic rings. The van der Waals surface area contributed by atoms with E-state index in [-0.39, 0.29) is 29.2 Å². The number of rotatable bonds is 3. The highest BCUT2D eigenvalue weighted by atomic mass is 16.5. The monoisotopic (exact) mass is 350 g/mol. The maximum absolute atomic E-state index is 12.4. The summed E-state index contributed by atoms with van der Waals surface area (Å²) in [6, 6.07) is 12.5. The van der Waals surface area contributed by atoms with E-state index in [1.165, 1.54) is 19.2 Å². The molecule has 6 heteroatoms. The van der Waals surface area contributed by atoms with Crippen LogP contribution in [0.4, 0.5) is 0 Å². The Labute approximate surface area is 150 Å². The standard InChI is InChI=1S/C20H18N2O4/c1-22-19(24)15-7-6-14(9-16(15)20(22)25)18(23)21-10-12-8-13-4-2-3-5-17(13)26-11-12/h2-7,9,12H,8,10-11H2,1H3,(H,21,23). The SMILES string of the molecule is CN1C(=O)c2ccc(C(=O)NCC3COc4ccccc4C3)cc2C1=O. The molecule has 2 aliphatic heterocycles. The van der Waals surface area contributed by atoms with Crippen LogP contribution in [0, 0.1) is 5.92 Å². The van der Waals surface area contributed by atoms with Crippen molar-refractivity contribution in [2.45, 2.75) is 6.42 Å². The summed E-state index contributed by atoms with van der Waals surface area (Å²) in [6.45, 7) is 1.04. The van der Waals surface area contributed by atoms with Gasteiger partial charge in [-0.1, -0.05) is 18.2 Å². The van der Waals surface area contributed by atoms with Gasteiger partial charge in [-0.25, -0.2) is 0 Å². The van der Waals surface area contributed by atoms with Crippen LogP contribution in [0.3, 0.4) is 0 Å². The van der Waals surface area contributed by atoms with Crippen LogP contribution in [0.15, 0.2) is 42.5 Å². The predicted molar refractivity (Wildman–Crippen MR) is 94.3 cm³/mol. The summed E-state index contributed by atoms with van der Waals surface area (Å²) in [5, 5.41) is 2.90. The summed E-state index contributed by atoms with van der Waals surface area (Å²) in [5.41, 5.74) is 2.13. The molecule has 4 rings (SSSR count). The molecule has 0 fully saturated rings. The number of imide groups is 1. The number of amides is 3. The zero-order valence-corrected chi connectivity index (χ0v) is 14.3. The number of nitrogens with zero attached hydrogens (tertiary/aromatic N) is 1. The summed E-state index contributed by atoms with van der Waals surface area (Å²) in [6.07, 6.45) is 0.846. The van der Waals surface area contributed by atoms with E-state index in [0.717, 1.165) is 22.6 Å². The Bertz CT molecular complexity index is 922. The van der Waals surface area contributed by atoms with E-state index in [1.807, 2.05) is 24.3 Å². The van der Waals surface area contributed by atoms with Gasteiger partial charge in [-0.15, -0.1) is 0 Å². The second kappa shape index (κ2) is 6.29. The molecular formula is C20H18N2O4. The van der Waals surface area contributed by atoms with Crippen molar-refractivity contribution >= 4 is 17.7 Å². The molecule has 0 saturated carbocycles. The number of para-hydroxylation sites is 1. The molecular weight excluding hydrogens is 332 g/mol. The molecule has 0 radical (unpaired) electrons. The summed E-state index contributed by atoms with van der Waals surface area (Å²) in [7, 11) is 1.44. The molecule has 0 spiro atoms. The van der Waals surface area contributed by atoms with Gasteiger partial charge in [0.2, 0.25) is 0 Å². The second-order valence-corrected chi connectivity index (χ2v) is 6.63. The Morgan fingerprint density at radius 3 is 2.77 bits per heavy atom. The molecule has 0 bridgehead atoms. The van der Waals surface area contributed by atoms with Crippen molar-refractivity contribution in [2.24, 2.45) is 5.92 Å². The molecule has 3 amide bonds. The summed E-state index contributed by atoms with van der Waals surface area (Å²) in [4.78, 5) is 37.5. The Morgan fingerprint density at radius 1 is 1.15 bits per heavy atom. The van der Waals surface area contributed by atoms with Crippen LogP contribution in [-0.4, -0.2) is 42.8 Å². The van der Waals surface area contributed by atoms with Gasteiger partial charge in [-0.2, -0.15) is 0 Å². The van der Waals surface area contributed by atoms with Gasteiger partial charge in [-0.05, 0) is 36.2 Å². The van der Waals surface area contributed by atoms with Gasteiger partial charge in [0.15, 0.2) is 0 Å². The van der Waals surface area contributed by atoms with E-state index in [4.69, 9.17) is 4.74 Å². The lowest BCUT2D eigenvalue weighted by molar-refractivity contribution is 0.0693. The molecule has 0 aliphatic carbocycles. The third-order valence-electron chi connectivity index (χ3n) is 4.86. The van der Waals surface area contributed by atoms with Gasteiger partial charge < -0.3 is 10.1 Å². The summed E-state index contributed by atoms with van der Waals surface area (Å²) < 4.78 is 5.73. The Hall–Kier alpha value is -3.15. The first-order valence-corrected chi connectivity index (χ1v) is 8.50. The van der Waals surface area contributed by atoms with Crippen molar-refractivity contribution in [3.8, 4) is 5.75 Å². The van der Waals surface area contributed by atoms with Gasteiger partial charge in [0, 0.05) is 25.1 Å². The minimum Gasteiger partial charge on any atom is -0.493 e. The Morgan fingerprint density at radius 2 is 1.92 bits per heavy atom. The fourth-order valence-corrected chi connectivity index (χ4v) is 3.36. The topological polar surface area (TPSA) is 75.7 Å². The molecule has 2 heterocycles. The molecule has 2 aliphatic rings. The number of ether oxygens (including phenoxy) is 1. The number of nitrogens with one attached hydrogen (secondary N) is 1. The number of hydrogen-bond donors (Lipinski definition) is 1. The van der Waals surface area contributed by atoms with Gasteiger partial charge in [0.25, 0.3) is 17.7 Å². The van der Waals surface area contributed by atoms with Crippen molar-refractivity contribution in [1.29, 1.82) is 0 Å². The smallest absolute Gasteiger partial charge is 0.261 e. The van der Waals surface area contributed by atoms with Crippen LogP contribution in [0.25, 0.3) is 0 Å². The van der Waals surface area contributed by atoms with E-state index in [0.29, 0.717) is 24.3 Å². The highest BCUT2D eigenvalue weighted by Crippen LogP contribution is 2.26. The minimum absolute atomic E-state index is 0.192. The molecule has 0 aromatic heterocycles. The zero-order chi connectivity index (χ0) is 18.3. The molecule has 1 N–H and O–H groups in total. The Balaban J connectivity index is 1.42. The van der Waals surface area contributed by atoms with Crippen LogP contribution in [-0.2, 0) is 6.42 Å². The van der Waals surface area contributed by atoms with E-state index in [9.17, 15) is 14.4 Å². The van der Waals surface area contributed by atoms with E-state index in [2.05, 4.69) is 5.32 Å². The van der Waals surface area contributed by atoms with Gasteiger partial charge in [0.05, 0.1) is 17.7 Å². The minimum atomic E-state index is -0.378. The van der Waals surface area contributed by atoms with Gasteiger partial charge in [0.1, 0.15) is 5.75 Å². The second-order valence-electron chi connectivity index (χ2n) is 6.63. The van der Waals surface area contributed by atoms with Crippen LogP contribution in [0.5, 0.6) is 5.75 Å². The fourth-order valence-electron chi connectivity index (χ4n) is 3.36. The lowest BCUT2D eigenvalue weighted by Gasteiger charge is -2.25. The maximum Gasteiger partial charge on any atom is 0.261 e. The van der Waals surface area contributed by atoms with E-state index < -0.39 is 0 Å². The third kappa shape index (κ3) is 2.73. The first kappa shape index (κ1) is 16.3. The summed E-state index contributed by atoms with van der Waals surface area (Å²) >= 11 is 0. The Kier molecular flexibility index (Phi) is 3.95. The molecule has 1 atom stereocenters. The molecule has 0 saturated heterocycles. The normalized spacial score (nSPS) is 18.2. The van der Waals surface area contributed by atoms with Crippen LogP contribution < -0.4 is 10.1 Å². The quantitative estimate of drug-likeness (QED) is 0.858. The number of carbonyl (C=O) groups excluding carboxylic acids is 3. The van der Waals surface area contributed by atoms with Crippen molar-refractivity contribution in [3.05, 3.63) is 64.7 Å². The van der Waals surface area contributed by atoms with Crippen molar-refractivity contribution < 1.29 is 19.1 Å². The van der Waals surface area contributed by atoms with Crippen LogP contribution in [0.1, 0.15) is 36.6 Å². The maximum atomic E-state index is 12.4. The number of fused-ring (bicyclic) bond motifs is 2. The number of benzene rings is 2. The number of carbonyl (C=O) groups is 3. The zero-order valence-electron chi connectivity index (χ0n) is 14.3. The molecule has 26 heavy (non-hydrogen) atoms. The number of hydrogen-bond acceptors (Lipinski definition) is 4. The lowest BCUT2D eigenvalue weighted by atomic mass is 9.96. The molecule has 6 nitrogen and oxygen atoms in total. The van der Waals surface area contributed by atoms with Crippen molar-refractivity contribution in [2.75, 3.05) is 20.2 Å². The first-order chi connectivity index (χ1) is 12.5. The highest BCUT2D eigenvalue weighted by molar-refractivity contribution is 6.21. The van der Waals surface area contributed by atoms with E-state index >= 15 is 0 Å².